The summed E-state index contributed by atoms with van der Waals surface area (Å²) in [4.78, 5) is 33.1. The molecule has 0 aliphatic rings. The van der Waals surface area contributed by atoms with Crippen LogP contribution >= 0.6 is 0 Å². The van der Waals surface area contributed by atoms with Gasteiger partial charge in [-0.1, -0.05) is 0 Å². The molecular formula is H2Mg2O5Si. The molecule has 0 bridgehead atoms. The Morgan fingerprint density at radius 1 is 1.00 bits per heavy atom. The van der Waals surface area contributed by atoms with Crippen LogP contribution in [0.15, 0.2) is 0 Å². The predicted molar refractivity (Wildman–Crippen MR) is 21.4 cm³/mol. The average Bonchev–Trinajstić information content (AvgIpc) is 0.722. The number of rotatable bonds is 0. The van der Waals surface area contributed by atoms with Gasteiger partial charge in [0.1, 0.15) is 0 Å². The summed E-state index contributed by atoms with van der Waals surface area (Å²) in [6, 6.07) is 0. The van der Waals surface area contributed by atoms with Gasteiger partial charge in [0.25, 0.3) is 0 Å². The zero-order valence-corrected chi connectivity index (χ0v) is 7.86. The van der Waals surface area contributed by atoms with E-state index in [1.165, 1.54) is 0 Å². The molecule has 0 aliphatic carbocycles. The summed E-state index contributed by atoms with van der Waals surface area (Å²) in [7, 11) is -5.36. The van der Waals surface area contributed by atoms with Gasteiger partial charge in [0.05, 0.1) is 0 Å². The van der Waals surface area contributed by atoms with E-state index in [-0.39, 0.29) is 51.6 Å². The largest absolute Gasteiger partial charge is 2.00 e. The zero-order chi connectivity index (χ0) is 4.50. The molecule has 0 spiro atoms. The summed E-state index contributed by atoms with van der Waals surface area (Å²) in [6.45, 7) is 0. The van der Waals surface area contributed by atoms with Crippen LogP contribution in [0.2, 0.25) is 0 Å². The Bertz CT molecular complexity index is 25.9. The van der Waals surface area contributed by atoms with Crippen LogP contribution in [0.5, 0.6) is 0 Å². The summed E-state index contributed by atoms with van der Waals surface area (Å²) >= 11 is 0. The zero-order valence-electron chi connectivity index (χ0n) is 4.03. The van der Waals surface area contributed by atoms with Crippen molar-refractivity contribution in [3.05, 3.63) is 0 Å². The first-order valence-electron chi connectivity index (χ1n) is 0.836. The minimum atomic E-state index is -5.36. The van der Waals surface area contributed by atoms with Gasteiger partial charge >= 0.3 is 46.1 Å². The van der Waals surface area contributed by atoms with Gasteiger partial charge in [-0.25, -0.2) is 0 Å². The van der Waals surface area contributed by atoms with Gasteiger partial charge in [-0.3, -0.25) is 0 Å². The fraction of sp³-hybridized carbons (Fsp3) is 0. The molecular weight excluding hydrogens is 157 g/mol. The van der Waals surface area contributed by atoms with Crippen molar-refractivity contribution in [3.63, 3.8) is 0 Å². The first-order valence-corrected chi connectivity index (χ1v) is 2.51. The third-order valence-electron chi connectivity index (χ3n) is 0. The topological polar surface area (TPSA) is 119 Å². The molecule has 0 aromatic carbocycles. The summed E-state index contributed by atoms with van der Waals surface area (Å²) in [5.74, 6) is 0. The normalized spacial score (nSPS) is 7.50. The summed E-state index contributed by atoms with van der Waals surface area (Å²) < 4.78 is 0. The molecule has 0 aromatic heterocycles. The van der Waals surface area contributed by atoms with Crippen molar-refractivity contribution in [1.29, 1.82) is 0 Å². The van der Waals surface area contributed by atoms with E-state index in [2.05, 4.69) is 0 Å². The minimum Gasteiger partial charge on any atom is -0.870 e. The third kappa shape index (κ3) is 135. The second kappa shape index (κ2) is 8.55. The van der Waals surface area contributed by atoms with Crippen LogP contribution in [0, 0.1) is 0 Å². The fourth-order valence-corrected chi connectivity index (χ4v) is 0. The van der Waals surface area contributed by atoms with Crippen molar-refractivity contribution in [2.45, 2.75) is 0 Å². The van der Waals surface area contributed by atoms with Crippen LogP contribution in [-0.2, 0) is 0 Å². The van der Waals surface area contributed by atoms with E-state index in [1.54, 1.807) is 0 Å². The van der Waals surface area contributed by atoms with Crippen LogP contribution in [0.1, 0.15) is 0 Å². The van der Waals surface area contributed by atoms with Gasteiger partial charge in [0, 0.05) is 0 Å². The van der Waals surface area contributed by atoms with Gasteiger partial charge in [0.15, 0.2) is 0 Å². The number of hydrogen-bond donors (Lipinski definition) is 1. The van der Waals surface area contributed by atoms with E-state index in [1.807, 2.05) is 0 Å². The van der Waals surface area contributed by atoms with Crippen molar-refractivity contribution in [2.75, 3.05) is 0 Å². The maximum absolute atomic E-state index is 8.69. The molecule has 40 valence electrons. The Morgan fingerprint density at radius 3 is 1.00 bits per heavy atom. The molecule has 8 heavy (non-hydrogen) atoms. The molecule has 0 fully saturated rings. The monoisotopic (exact) mass is 158 g/mol. The van der Waals surface area contributed by atoms with Crippen LogP contribution in [-0.4, -0.2) is 65.4 Å². The van der Waals surface area contributed by atoms with Crippen molar-refractivity contribution in [3.8, 4) is 0 Å². The Balaban J connectivity index is -0.0000000267. The molecule has 0 aliphatic heterocycles. The Hall–Kier alpha value is 1.55. The van der Waals surface area contributed by atoms with Crippen LogP contribution in [0.4, 0.5) is 0 Å². The number of hydrogen-bond acceptors (Lipinski definition) is 5. The Morgan fingerprint density at radius 2 is 1.00 bits per heavy atom. The van der Waals surface area contributed by atoms with E-state index in [0.717, 1.165) is 0 Å². The second-order valence-corrected chi connectivity index (χ2v) is 1.57. The van der Waals surface area contributed by atoms with Crippen molar-refractivity contribution in [2.24, 2.45) is 0 Å². The molecule has 0 amide bonds. The summed E-state index contributed by atoms with van der Waals surface area (Å²) in [5, 5.41) is 0. The standard InChI is InChI=1S/2Mg.HO4Si.H2O/c;;1-5(2,3)4;/h;;1H;1H2/q2*+2;-3;/p-1. The van der Waals surface area contributed by atoms with E-state index in [0.29, 0.717) is 0 Å². The van der Waals surface area contributed by atoms with E-state index >= 15 is 0 Å². The van der Waals surface area contributed by atoms with Crippen LogP contribution < -0.4 is 14.4 Å². The van der Waals surface area contributed by atoms with Crippen LogP contribution in [0.3, 0.4) is 0 Å². The Kier molecular flexibility index (Phi) is 24.2. The molecule has 0 radical (unpaired) electrons. The summed E-state index contributed by atoms with van der Waals surface area (Å²) in [6.07, 6.45) is 0. The van der Waals surface area contributed by atoms with Crippen molar-refractivity contribution >= 4 is 55.2 Å². The second-order valence-electron chi connectivity index (χ2n) is 0.524. The quantitative estimate of drug-likeness (QED) is 0.353. The molecule has 0 saturated heterocycles. The van der Waals surface area contributed by atoms with E-state index in [9.17, 15) is 0 Å². The van der Waals surface area contributed by atoms with Crippen molar-refractivity contribution < 1.29 is 24.7 Å². The summed E-state index contributed by atoms with van der Waals surface area (Å²) in [5.41, 5.74) is 0. The molecule has 0 unspecified atom stereocenters. The Labute approximate surface area is 79.4 Å². The molecule has 5 nitrogen and oxygen atoms in total. The van der Waals surface area contributed by atoms with Crippen LogP contribution in [0.25, 0.3) is 0 Å². The van der Waals surface area contributed by atoms with Gasteiger partial charge in [-0.2, -0.15) is 0 Å². The first-order chi connectivity index (χ1) is 2.00. The molecule has 0 heterocycles. The van der Waals surface area contributed by atoms with Gasteiger partial charge in [-0.15, -0.1) is 9.05 Å². The molecule has 0 aromatic rings. The molecule has 0 saturated carbocycles. The van der Waals surface area contributed by atoms with Crippen molar-refractivity contribution in [1.82, 2.24) is 0 Å². The van der Waals surface area contributed by atoms with E-state index < -0.39 is 9.05 Å². The SMILES string of the molecule is [Mg+2].[Mg+2].[O-][Si]([O-])([O-])O.[OH-]. The maximum atomic E-state index is 8.69. The van der Waals surface area contributed by atoms with Gasteiger partial charge in [0.2, 0.25) is 0 Å². The minimum absolute atomic E-state index is 0. The molecule has 0 atom stereocenters. The molecule has 2 N–H and O–H groups in total. The molecule has 8 heteroatoms. The maximum Gasteiger partial charge on any atom is 2.00 e. The average molecular weight is 159 g/mol. The first kappa shape index (κ1) is 22.7. The smallest absolute Gasteiger partial charge is 0.870 e. The molecule has 0 rings (SSSR count). The predicted octanol–water partition coefficient (Wildman–Crippen LogP) is -5.44. The van der Waals surface area contributed by atoms with Gasteiger partial charge in [-0.05, 0) is 0 Å². The van der Waals surface area contributed by atoms with Gasteiger partial charge < -0.3 is 24.7 Å². The fourth-order valence-electron chi connectivity index (χ4n) is 0. The third-order valence-corrected chi connectivity index (χ3v) is 0. The van der Waals surface area contributed by atoms with E-state index in [4.69, 9.17) is 19.2 Å².